The second kappa shape index (κ2) is 6.58. The molecule has 0 heterocycles. The molecule has 92 valence electrons. The summed E-state index contributed by atoms with van der Waals surface area (Å²) in [5.41, 5.74) is 0.843. The maximum absolute atomic E-state index is 11.1. The first-order valence-electron chi connectivity index (χ1n) is 5.28. The summed E-state index contributed by atoms with van der Waals surface area (Å²) in [6.45, 7) is 2.14. The SMILES string of the molecule is CCOC(=O)/C=C\c1ccc(OC)c(OC)c1. The highest BCUT2D eigenvalue weighted by molar-refractivity contribution is 5.87. The highest BCUT2D eigenvalue weighted by Crippen LogP contribution is 2.27. The van der Waals surface area contributed by atoms with Gasteiger partial charge < -0.3 is 14.2 Å². The third-order valence-electron chi connectivity index (χ3n) is 2.11. The Morgan fingerprint density at radius 1 is 1.24 bits per heavy atom. The fourth-order valence-corrected chi connectivity index (χ4v) is 1.31. The zero-order valence-corrected chi connectivity index (χ0v) is 10.2. The Balaban J connectivity index is 2.82. The topological polar surface area (TPSA) is 44.8 Å². The molecule has 4 nitrogen and oxygen atoms in total. The minimum absolute atomic E-state index is 0.359. The smallest absolute Gasteiger partial charge is 0.330 e. The van der Waals surface area contributed by atoms with Crippen LogP contribution in [0.5, 0.6) is 11.5 Å². The summed E-state index contributed by atoms with van der Waals surface area (Å²) >= 11 is 0. The van der Waals surface area contributed by atoms with Gasteiger partial charge in [-0.3, -0.25) is 0 Å². The average Bonchev–Trinajstić information content (AvgIpc) is 2.36. The molecule has 0 spiro atoms. The molecule has 0 aliphatic heterocycles. The molecule has 1 aromatic rings. The Hall–Kier alpha value is -1.97. The van der Waals surface area contributed by atoms with E-state index in [1.54, 1.807) is 39.4 Å². The lowest BCUT2D eigenvalue weighted by Crippen LogP contribution is -1.98. The van der Waals surface area contributed by atoms with Gasteiger partial charge in [-0.2, -0.15) is 0 Å². The first-order valence-corrected chi connectivity index (χ1v) is 5.28. The van der Waals surface area contributed by atoms with Crippen molar-refractivity contribution < 1.29 is 19.0 Å². The van der Waals surface area contributed by atoms with Crippen LogP contribution in [0.3, 0.4) is 0 Å². The van der Waals surface area contributed by atoms with Crippen LogP contribution in [0.1, 0.15) is 12.5 Å². The van der Waals surface area contributed by atoms with Gasteiger partial charge in [0.25, 0.3) is 0 Å². The molecule has 17 heavy (non-hydrogen) atoms. The third-order valence-corrected chi connectivity index (χ3v) is 2.11. The molecule has 0 aromatic heterocycles. The summed E-state index contributed by atoms with van der Waals surface area (Å²) in [5, 5.41) is 0. The Bertz CT molecular complexity index is 410. The zero-order chi connectivity index (χ0) is 12.7. The van der Waals surface area contributed by atoms with Gasteiger partial charge in [0.1, 0.15) is 0 Å². The van der Waals surface area contributed by atoms with E-state index in [1.165, 1.54) is 6.08 Å². The maximum Gasteiger partial charge on any atom is 0.330 e. The van der Waals surface area contributed by atoms with E-state index >= 15 is 0 Å². The van der Waals surface area contributed by atoms with Crippen LogP contribution in [-0.2, 0) is 9.53 Å². The molecule has 0 saturated carbocycles. The lowest BCUT2D eigenvalue weighted by Gasteiger charge is -2.07. The fraction of sp³-hybridized carbons (Fsp3) is 0.308. The van der Waals surface area contributed by atoms with Crippen LogP contribution in [-0.4, -0.2) is 26.8 Å². The van der Waals surface area contributed by atoms with E-state index in [0.717, 1.165) is 5.56 Å². The number of benzene rings is 1. The van der Waals surface area contributed by atoms with Crippen molar-refractivity contribution in [3.05, 3.63) is 29.8 Å². The molecule has 0 bridgehead atoms. The van der Waals surface area contributed by atoms with Gasteiger partial charge >= 0.3 is 5.97 Å². The van der Waals surface area contributed by atoms with Crippen LogP contribution < -0.4 is 9.47 Å². The summed E-state index contributed by atoms with van der Waals surface area (Å²) < 4.78 is 15.1. The van der Waals surface area contributed by atoms with Crippen LogP contribution in [0.25, 0.3) is 6.08 Å². The number of rotatable bonds is 5. The van der Waals surface area contributed by atoms with Gasteiger partial charge in [-0.25, -0.2) is 4.79 Å². The highest BCUT2D eigenvalue weighted by atomic mass is 16.5. The Morgan fingerprint density at radius 3 is 2.53 bits per heavy atom. The summed E-state index contributed by atoms with van der Waals surface area (Å²) in [5.74, 6) is 0.918. The van der Waals surface area contributed by atoms with Gasteiger partial charge in [0.05, 0.1) is 20.8 Å². The van der Waals surface area contributed by atoms with E-state index in [-0.39, 0.29) is 5.97 Å². The molecule has 0 N–H and O–H groups in total. The number of hydrogen-bond donors (Lipinski definition) is 0. The summed E-state index contributed by atoms with van der Waals surface area (Å²) in [6, 6.07) is 5.40. The summed E-state index contributed by atoms with van der Waals surface area (Å²) in [6.07, 6.45) is 3.05. The summed E-state index contributed by atoms with van der Waals surface area (Å²) in [4.78, 5) is 11.1. The van der Waals surface area contributed by atoms with E-state index in [2.05, 4.69) is 0 Å². The van der Waals surface area contributed by atoms with Gasteiger partial charge in [0.2, 0.25) is 0 Å². The third kappa shape index (κ3) is 3.83. The molecular formula is C13H16O4. The van der Waals surface area contributed by atoms with E-state index in [9.17, 15) is 4.79 Å². The second-order valence-corrected chi connectivity index (χ2v) is 3.20. The predicted octanol–water partition coefficient (Wildman–Crippen LogP) is 2.28. The van der Waals surface area contributed by atoms with Crippen LogP contribution >= 0.6 is 0 Å². The van der Waals surface area contributed by atoms with E-state index in [4.69, 9.17) is 14.2 Å². The largest absolute Gasteiger partial charge is 0.493 e. The first-order chi connectivity index (χ1) is 8.21. The average molecular weight is 236 g/mol. The monoisotopic (exact) mass is 236 g/mol. The number of carbonyl (C=O) groups excluding carboxylic acids is 1. The van der Waals surface area contributed by atoms with Crippen molar-refractivity contribution in [3.63, 3.8) is 0 Å². The van der Waals surface area contributed by atoms with Crippen molar-refractivity contribution in [2.45, 2.75) is 6.92 Å². The van der Waals surface area contributed by atoms with Crippen LogP contribution in [0.15, 0.2) is 24.3 Å². The van der Waals surface area contributed by atoms with Gasteiger partial charge in [-0.05, 0) is 30.7 Å². The number of carbonyl (C=O) groups is 1. The van der Waals surface area contributed by atoms with Crippen molar-refractivity contribution in [2.24, 2.45) is 0 Å². The van der Waals surface area contributed by atoms with E-state index in [0.29, 0.717) is 18.1 Å². The molecule has 0 radical (unpaired) electrons. The summed E-state index contributed by atoms with van der Waals surface area (Å²) in [7, 11) is 3.14. The number of methoxy groups -OCH3 is 2. The normalized spacial score (nSPS) is 10.3. The standard InChI is InChI=1S/C13H16O4/c1-4-17-13(14)8-6-10-5-7-11(15-2)12(9-10)16-3/h5-9H,4H2,1-3H3/b8-6-. The molecule has 0 aliphatic rings. The Labute approximate surface area is 101 Å². The maximum atomic E-state index is 11.1. The van der Waals surface area contributed by atoms with Gasteiger partial charge in [-0.15, -0.1) is 0 Å². The first kappa shape index (κ1) is 13.1. The zero-order valence-electron chi connectivity index (χ0n) is 10.2. The van der Waals surface area contributed by atoms with Crippen LogP contribution in [0.2, 0.25) is 0 Å². The molecule has 1 rings (SSSR count). The quantitative estimate of drug-likeness (QED) is 0.581. The van der Waals surface area contributed by atoms with Gasteiger partial charge in [0, 0.05) is 6.08 Å². The predicted molar refractivity (Wildman–Crippen MR) is 65.2 cm³/mol. The molecule has 0 unspecified atom stereocenters. The Morgan fingerprint density at radius 2 is 1.94 bits per heavy atom. The lowest BCUT2D eigenvalue weighted by atomic mass is 10.2. The second-order valence-electron chi connectivity index (χ2n) is 3.20. The minimum Gasteiger partial charge on any atom is -0.493 e. The molecule has 0 saturated heterocycles. The molecule has 4 heteroatoms. The molecule has 0 aliphatic carbocycles. The molecule has 0 atom stereocenters. The van der Waals surface area contributed by atoms with E-state index < -0.39 is 0 Å². The molecule has 1 aromatic carbocycles. The molecular weight excluding hydrogens is 220 g/mol. The minimum atomic E-state index is -0.359. The van der Waals surface area contributed by atoms with Crippen molar-refractivity contribution in [1.82, 2.24) is 0 Å². The van der Waals surface area contributed by atoms with Crippen molar-refractivity contribution >= 4 is 12.0 Å². The highest BCUT2D eigenvalue weighted by Gasteiger charge is 2.03. The van der Waals surface area contributed by atoms with Crippen molar-refractivity contribution in [3.8, 4) is 11.5 Å². The van der Waals surface area contributed by atoms with Gasteiger partial charge in [-0.1, -0.05) is 6.07 Å². The van der Waals surface area contributed by atoms with Crippen molar-refractivity contribution in [1.29, 1.82) is 0 Å². The molecule has 0 fully saturated rings. The lowest BCUT2D eigenvalue weighted by molar-refractivity contribution is -0.137. The number of ether oxygens (including phenoxy) is 3. The van der Waals surface area contributed by atoms with Crippen molar-refractivity contribution in [2.75, 3.05) is 20.8 Å². The number of esters is 1. The number of hydrogen-bond acceptors (Lipinski definition) is 4. The van der Waals surface area contributed by atoms with E-state index in [1.807, 2.05) is 6.07 Å². The van der Waals surface area contributed by atoms with Crippen LogP contribution in [0.4, 0.5) is 0 Å². The fourth-order valence-electron chi connectivity index (χ4n) is 1.31. The van der Waals surface area contributed by atoms with Gasteiger partial charge in [0.15, 0.2) is 11.5 Å². The van der Waals surface area contributed by atoms with Crippen LogP contribution in [0, 0.1) is 0 Å². The Kier molecular flexibility index (Phi) is 5.07. The molecule has 0 amide bonds.